The number of rotatable bonds is 7. The van der Waals surface area contributed by atoms with E-state index in [4.69, 9.17) is 10.5 Å². The van der Waals surface area contributed by atoms with E-state index in [1.807, 2.05) is 12.3 Å². The quantitative estimate of drug-likeness (QED) is 0.648. The molecule has 0 aliphatic rings. The minimum atomic E-state index is -0.204. The van der Waals surface area contributed by atoms with Crippen LogP contribution in [-0.4, -0.2) is 42.0 Å². The third kappa shape index (κ3) is 4.41. The van der Waals surface area contributed by atoms with Crippen LogP contribution >= 0.6 is 0 Å². The molecule has 0 radical (unpaired) electrons. The Morgan fingerprint density at radius 3 is 3.06 bits per heavy atom. The van der Waals surface area contributed by atoms with Crippen LogP contribution in [0, 0.1) is 0 Å². The van der Waals surface area contributed by atoms with Crippen molar-refractivity contribution < 1.29 is 9.53 Å². The number of carbonyl (C=O) groups excluding carboxylic acids is 1. The summed E-state index contributed by atoms with van der Waals surface area (Å²) in [5.41, 5.74) is 5.42. The predicted octanol–water partition coefficient (Wildman–Crippen LogP) is -0.637. The second-order valence-electron chi connectivity index (χ2n) is 3.42. The van der Waals surface area contributed by atoms with Crippen molar-refractivity contribution in [3.05, 3.63) is 18.5 Å². The lowest BCUT2D eigenvalue weighted by atomic mass is 10.2. The van der Waals surface area contributed by atoms with Gasteiger partial charge in [0.15, 0.2) is 0 Å². The van der Waals surface area contributed by atoms with Crippen LogP contribution in [0.5, 0.6) is 0 Å². The molecule has 0 aliphatic carbocycles. The molecule has 1 rings (SSSR count). The number of methoxy groups -OCH3 is 1. The number of nitrogens with two attached hydrogens (primary N) is 1. The van der Waals surface area contributed by atoms with Crippen LogP contribution in [0.3, 0.4) is 0 Å². The first-order valence-electron chi connectivity index (χ1n) is 5.23. The minimum Gasteiger partial charge on any atom is -0.380 e. The summed E-state index contributed by atoms with van der Waals surface area (Å²) >= 11 is 0. The highest BCUT2D eigenvalue weighted by Gasteiger charge is 2.10. The summed E-state index contributed by atoms with van der Waals surface area (Å²) in [7, 11) is 1.55. The van der Waals surface area contributed by atoms with Gasteiger partial charge in [-0.1, -0.05) is 0 Å². The number of nitrogens with one attached hydrogen (secondary N) is 1. The molecule has 0 spiro atoms. The highest BCUT2D eigenvalue weighted by molar-refractivity contribution is 5.76. The van der Waals surface area contributed by atoms with E-state index in [9.17, 15) is 4.79 Å². The van der Waals surface area contributed by atoms with Gasteiger partial charge in [-0.15, -0.1) is 0 Å². The molecule has 1 atom stereocenters. The fraction of sp³-hybridized carbons (Fsp3) is 0.600. The fourth-order valence-electron chi connectivity index (χ4n) is 1.28. The Labute approximate surface area is 94.8 Å². The summed E-state index contributed by atoms with van der Waals surface area (Å²) in [6.45, 7) is 1.57. The van der Waals surface area contributed by atoms with Crippen LogP contribution in [-0.2, 0) is 16.1 Å². The van der Waals surface area contributed by atoms with Gasteiger partial charge in [-0.3, -0.25) is 9.48 Å². The monoisotopic (exact) mass is 226 g/mol. The van der Waals surface area contributed by atoms with Crippen LogP contribution in [0.25, 0.3) is 0 Å². The molecule has 3 N–H and O–H groups in total. The summed E-state index contributed by atoms with van der Waals surface area (Å²) in [6.07, 6.45) is 3.65. The lowest BCUT2D eigenvalue weighted by Gasteiger charge is -2.12. The van der Waals surface area contributed by atoms with Crippen LogP contribution in [0.4, 0.5) is 0 Å². The van der Waals surface area contributed by atoms with Crippen molar-refractivity contribution in [2.75, 3.05) is 20.2 Å². The molecule has 0 saturated heterocycles. The van der Waals surface area contributed by atoms with E-state index in [1.54, 1.807) is 18.0 Å². The molecule has 6 heteroatoms. The van der Waals surface area contributed by atoms with Gasteiger partial charge in [0.1, 0.15) is 0 Å². The van der Waals surface area contributed by atoms with Crippen molar-refractivity contribution in [2.45, 2.75) is 19.1 Å². The molecule has 1 amide bonds. The van der Waals surface area contributed by atoms with E-state index in [1.165, 1.54) is 0 Å². The third-order valence-corrected chi connectivity index (χ3v) is 2.23. The molecular weight excluding hydrogens is 208 g/mol. The number of amides is 1. The average Bonchev–Trinajstić information content (AvgIpc) is 2.79. The van der Waals surface area contributed by atoms with Crippen molar-refractivity contribution in [3.8, 4) is 0 Å². The Morgan fingerprint density at radius 2 is 2.50 bits per heavy atom. The van der Waals surface area contributed by atoms with Gasteiger partial charge < -0.3 is 15.8 Å². The Kier molecular flexibility index (Phi) is 5.52. The summed E-state index contributed by atoms with van der Waals surface area (Å²) in [6, 6.07) is 1.84. The Bertz CT molecular complexity index is 296. The van der Waals surface area contributed by atoms with E-state index < -0.39 is 0 Å². The molecule has 0 aliphatic heterocycles. The van der Waals surface area contributed by atoms with Crippen molar-refractivity contribution in [1.29, 1.82) is 0 Å². The van der Waals surface area contributed by atoms with Gasteiger partial charge in [-0.25, -0.2) is 0 Å². The van der Waals surface area contributed by atoms with Gasteiger partial charge >= 0.3 is 0 Å². The zero-order valence-electron chi connectivity index (χ0n) is 9.43. The summed E-state index contributed by atoms with van der Waals surface area (Å²) in [4.78, 5) is 11.4. The maximum Gasteiger partial charge on any atom is 0.222 e. The highest BCUT2D eigenvalue weighted by atomic mass is 16.5. The maximum atomic E-state index is 11.4. The van der Waals surface area contributed by atoms with Gasteiger partial charge in [-0.05, 0) is 6.07 Å². The molecule has 1 unspecified atom stereocenters. The van der Waals surface area contributed by atoms with E-state index >= 15 is 0 Å². The maximum absolute atomic E-state index is 11.4. The minimum absolute atomic E-state index is 0.0514. The van der Waals surface area contributed by atoms with E-state index in [0.29, 0.717) is 26.1 Å². The normalized spacial score (nSPS) is 12.4. The summed E-state index contributed by atoms with van der Waals surface area (Å²) in [5, 5.41) is 6.81. The van der Waals surface area contributed by atoms with Crippen molar-refractivity contribution in [3.63, 3.8) is 0 Å². The first-order chi connectivity index (χ1) is 7.76. The van der Waals surface area contributed by atoms with E-state index in [-0.39, 0.29) is 12.0 Å². The van der Waals surface area contributed by atoms with E-state index in [2.05, 4.69) is 10.4 Å². The molecular formula is C10H18N4O2. The number of aromatic nitrogens is 2. The number of ether oxygens (including phenoxy) is 1. The first-order valence-corrected chi connectivity index (χ1v) is 5.23. The molecule has 0 aromatic carbocycles. The van der Waals surface area contributed by atoms with Crippen LogP contribution < -0.4 is 11.1 Å². The Hall–Kier alpha value is -1.40. The zero-order chi connectivity index (χ0) is 11.8. The number of carbonyl (C=O) groups is 1. The summed E-state index contributed by atoms with van der Waals surface area (Å²) in [5.74, 6) is -0.0514. The second-order valence-corrected chi connectivity index (χ2v) is 3.42. The number of hydrogen-bond donors (Lipinski definition) is 2. The van der Waals surface area contributed by atoms with Crippen molar-refractivity contribution >= 4 is 5.91 Å². The molecule has 90 valence electrons. The molecule has 16 heavy (non-hydrogen) atoms. The van der Waals surface area contributed by atoms with Crippen molar-refractivity contribution in [2.24, 2.45) is 5.73 Å². The third-order valence-electron chi connectivity index (χ3n) is 2.23. The fourth-order valence-corrected chi connectivity index (χ4v) is 1.28. The van der Waals surface area contributed by atoms with Crippen LogP contribution in [0.15, 0.2) is 18.5 Å². The molecule has 1 aromatic rings. The largest absolute Gasteiger partial charge is 0.380 e. The van der Waals surface area contributed by atoms with Gasteiger partial charge in [0, 0.05) is 32.6 Å². The average molecular weight is 226 g/mol. The smallest absolute Gasteiger partial charge is 0.222 e. The number of nitrogens with zero attached hydrogens (tertiary/aromatic N) is 2. The lowest BCUT2D eigenvalue weighted by Crippen LogP contribution is -2.33. The van der Waals surface area contributed by atoms with E-state index in [0.717, 1.165) is 0 Å². The standard InChI is InChI=1S/C10H18N4O2/c1-16-9(8-11)7-10(15)12-4-6-14-5-2-3-13-14/h2-3,5,9H,4,6-8,11H2,1H3,(H,12,15). The Morgan fingerprint density at radius 1 is 1.69 bits per heavy atom. The molecule has 0 bridgehead atoms. The zero-order valence-corrected chi connectivity index (χ0v) is 9.43. The van der Waals surface area contributed by atoms with Crippen LogP contribution in [0.2, 0.25) is 0 Å². The molecule has 0 saturated carbocycles. The molecule has 1 aromatic heterocycles. The van der Waals surface area contributed by atoms with Gasteiger partial charge in [0.05, 0.1) is 19.1 Å². The SMILES string of the molecule is COC(CN)CC(=O)NCCn1cccn1. The summed E-state index contributed by atoms with van der Waals surface area (Å²) < 4.78 is 6.78. The highest BCUT2D eigenvalue weighted by Crippen LogP contribution is 1.94. The van der Waals surface area contributed by atoms with Gasteiger partial charge in [0.25, 0.3) is 0 Å². The van der Waals surface area contributed by atoms with Crippen molar-refractivity contribution in [1.82, 2.24) is 15.1 Å². The van der Waals surface area contributed by atoms with Crippen LogP contribution in [0.1, 0.15) is 6.42 Å². The first kappa shape index (κ1) is 12.7. The number of hydrogen-bond acceptors (Lipinski definition) is 4. The molecule has 1 heterocycles. The van der Waals surface area contributed by atoms with Gasteiger partial charge in [0.2, 0.25) is 5.91 Å². The Balaban J connectivity index is 2.15. The second kappa shape index (κ2) is 6.97. The lowest BCUT2D eigenvalue weighted by molar-refractivity contribution is -0.123. The molecule has 6 nitrogen and oxygen atoms in total. The molecule has 0 fully saturated rings. The van der Waals surface area contributed by atoms with Gasteiger partial charge in [-0.2, -0.15) is 5.10 Å². The topological polar surface area (TPSA) is 82.2 Å². The predicted molar refractivity (Wildman–Crippen MR) is 59.7 cm³/mol.